The minimum absolute atomic E-state index is 0.0341. The van der Waals surface area contributed by atoms with Crippen LogP contribution in [0.5, 0.6) is 5.75 Å². The number of rotatable bonds is 8. The van der Waals surface area contributed by atoms with E-state index in [1.54, 1.807) is 19.2 Å². The summed E-state index contributed by atoms with van der Waals surface area (Å²) < 4.78 is 11.5. The molecule has 2 aromatic carbocycles. The highest BCUT2D eigenvalue weighted by molar-refractivity contribution is 9.10. The number of ether oxygens (including phenoxy) is 2. The molecule has 3 aromatic rings. The summed E-state index contributed by atoms with van der Waals surface area (Å²) in [5.74, 6) is -0.582. The number of benzene rings is 2. The van der Waals surface area contributed by atoms with Crippen LogP contribution in [0.25, 0.3) is 11.0 Å². The van der Waals surface area contributed by atoms with Gasteiger partial charge in [-0.1, -0.05) is 28.1 Å². The maximum Gasteiger partial charge on any atom is 0.274 e. The van der Waals surface area contributed by atoms with Gasteiger partial charge in [0.1, 0.15) is 23.6 Å². The van der Waals surface area contributed by atoms with Crippen molar-refractivity contribution in [3.63, 3.8) is 0 Å². The summed E-state index contributed by atoms with van der Waals surface area (Å²) in [6, 6.07) is 10.8. The maximum absolute atomic E-state index is 13.3. The van der Waals surface area contributed by atoms with Crippen LogP contribution >= 0.6 is 15.9 Å². The fraction of sp³-hybridized carbons (Fsp3) is 0.273. The van der Waals surface area contributed by atoms with E-state index in [1.165, 1.54) is 0 Å². The lowest BCUT2D eigenvalue weighted by Crippen LogP contribution is -2.58. The first kappa shape index (κ1) is 22.9. The molecule has 1 aromatic heterocycles. The van der Waals surface area contributed by atoms with Crippen molar-refractivity contribution in [2.24, 2.45) is 10.7 Å². The number of anilines is 1. The van der Waals surface area contributed by atoms with Gasteiger partial charge in [0.2, 0.25) is 11.9 Å². The van der Waals surface area contributed by atoms with Crippen LogP contribution in [0.4, 0.5) is 5.95 Å². The van der Waals surface area contributed by atoms with Gasteiger partial charge in [-0.3, -0.25) is 25.2 Å². The third-order valence-electron chi connectivity index (χ3n) is 5.38. The maximum atomic E-state index is 13.3. The van der Waals surface area contributed by atoms with Crippen molar-refractivity contribution >= 4 is 50.4 Å². The van der Waals surface area contributed by atoms with Gasteiger partial charge < -0.3 is 20.2 Å². The molecular formula is C22H23BrN6O4. The zero-order valence-corrected chi connectivity index (χ0v) is 19.7. The molecule has 5 N–H and O–H groups in total. The molecule has 0 radical (unpaired) electrons. The van der Waals surface area contributed by atoms with E-state index in [4.69, 9.17) is 15.2 Å². The van der Waals surface area contributed by atoms with E-state index in [0.717, 1.165) is 10.0 Å². The smallest absolute Gasteiger partial charge is 0.274 e. The first-order valence-corrected chi connectivity index (χ1v) is 10.9. The SMILES string of the molecule is COCCOc1cccc2[nH]c(NC(=O)C3=NCNC3(C(N)=O)c3cc(Br)ccc3C)nc12. The van der Waals surface area contributed by atoms with Crippen molar-refractivity contribution in [1.82, 2.24) is 15.3 Å². The van der Waals surface area contributed by atoms with E-state index < -0.39 is 17.4 Å². The number of para-hydroxylation sites is 1. The summed E-state index contributed by atoms with van der Waals surface area (Å²) in [6.07, 6.45) is 0. The summed E-state index contributed by atoms with van der Waals surface area (Å²) in [5, 5.41) is 5.72. The van der Waals surface area contributed by atoms with Gasteiger partial charge in [-0.05, 0) is 42.3 Å². The van der Waals surface area contributed by atoms with Crippen LogP contribution in [-0.2, 0) is 19.9 Å². The second-order valence-electron chi connectivity index (χ2n) is 7.45. The Hall–Kier alpha value is -3.28. The molecule has 1 aliphatic rings. The number of amides is 2. The topological polar surface area (TPSA) is 144 Å². The molecule has 0 spiro atoms. The average molecular weight is 515 g/mol. The number of aryl methyl sites for hydroxylation is 1. The predicted octanol–water partition coefficient (Wildman–Crippen LogP) is 1.98. The standard InChI is InChI=1S/C22H23BrN6O4/c1-12-6-7-13(23)10-14(12)22(20(24)31)18(25-11-26-22)19(30)29-21-27-15-4-3-5-16(17(15)28-21)33-9-8-32-2/h3-7,10,26H,8-9,11H2,1-2H3,(H2,24,31)(H2,27,28,29,30). The highest BCUT2D eigenvalue weighted by Crippen LogP contribution is 2.32. The van der Waals surface area contributed by atoms with Gasteiger partial charge in [-0.2, -0.15) is 0 Å². The van der Waals surface area contributed by atoms with Crippen molar-refractivity contribution in [1.29, 1.82) is 0 Å². The number of nitrogens with one attached hydrogen (secondary N) is 3. The number of primary amides is 1. The molecular weight excluding hydrogens is 492 g/mol. The van der Waals surface area contributed by atoms with Gasteiger partial charge >= 0.3 is 0 Å². The minimum atomic E-state index is -1.57. The lowest BCUT2D eigenvalue weighted by atomic mass is 9.82. The molecule has 0 saturated carbocycles. The van der Waals surface area contributed by atoms with Crippen LogP contribution in [0.3, 0.4) is 0 Å². The van der Waals surface area contributed by atoms with Gasteiger partial charge in [0.15, 0.2) is 5.54 Å². The number of fused-ring (bicyclic) bond motifs is 1. The molecule has 33 heavy (non-hydrogen) atoms. The number of aromatic amines is 1. The second kappa shape index (κ2) is 9.30. The number of imidazole rings is 1. The van der Waals surface area contributed by atoms with E-state index in [1.807, 2.05) is 31.2 Å². The van der Waals surface area contributed by atoms with E-state index in [9.17, 15) is 9.59 Å². The Bertz CT molecular complexity index is 1260. The monoisotopic (exact) mass is 514 g/mol. The molecule has 2 amide bonds. The van der Waals surface area contributed by atoms with Crippen LogP contribution in [0, 0.1) is 6.92 Å². The highest BCUT2D eigenvalue weighted by atomic mass is 79.9. The Morgan fingerprint density at radius 3 is 2.85 bits per heavy atom. The van der Waals surface area contributed by atoms with Gasteiger partial charge in [0.05, 0.1) is 18.8 Å². The molecule has 1 aliphatic heterocycles. The lowest BCUT2D eigenvalue weighted by Gasteiger charge is -2.29. The first-order valence-electron chi connectivity index (χ1n) is 10.1. The number of carbonyl (C=O) groups excluding carboxylic acids is 2. The molecule has 0 aliphatic carbocycles. The van der Waals surface area contributed by atoms with Crippen LogP contribution in [0.15, 0.2) is 45.9 Å². The molecule has 0 saturated heterocycles. The Labute approximate surface area is 198 Å². The zero-order valence-electron chi connectivity index (χ0n) is 18.1. The third-order valence-corrected chi connectivity index (χ3v) is 5.87. The fourth-order valence-corrected chi connectivity index (χ4v) is 4.18. The van der Waals surface area contributed by atoms with E-state index in [-0.39, 0.29) is 18.3 Å². The summed E-state index contributed by atoms with van der Waals surface area (Å²) in [6.45, 7) is 2.70. The number of hydrogen-bond acceptors (Lipinski definition) is 7. The molecule has 11 heteroatoms. The number of nitrogens with zero attached hydrogens (tertiary/aromatic N) is 2. The second-order valence-corrected chi connectivity index (χ2v) is 8.36. The average Bonchev–Trinajstić information content (AvgIpc) is 3.41. The summed E-state index contributed by atoms with van der Waals surface area (Å²) in [4.78, 5) is 37.7. The number of hydrogen-bond donors (Lipinski definition) is 4. The Morgan fingerprint density at radius 1 is 1.27 bits per heavy atom. The normalized spacial score (nSPS) is 17.7. The molecule has 1 unspecified atom stereocenters. The van der Waals surface area contributed by atoms with Crippen LogP contribution in [0.1, 0.15) is 11.1 Å². The first-order chi connectivity index (χ1) is 15.9. The van der Waals surface area contributed by atoms with E-state index in [0.29, 0.717) is 35.6 Å². The van der Waals surface area contributed by atoms with Gasteiger partial charge in [0, 0.05) is 11.6 Å². The molecule has 172 valence electrons. The Kier molecular flexibility index (Phi) is 6.45. The number of carbonyl (C=O) groups is 2. The summed E-state index contributed by atoms with van der Waals surface area (Å²) in [5.41, 5.74) is 6.78. The molecule has 10 nitrogen and oxygen atoms in total. The van der Waals surface area contributed by atoms with Crippen molar-refractivity contribution in [3.05, 3.63) is 52.0 Å². The lowest BCUT2D eigenvalue weighted by molar-refractivity contribution is -0.123. The van der Waals surface area contributed by atoms with Crippen molar-refractivity contribution < 1.29 is 19.1 Å². The van der Waals surface area contributed by atoms with Gasteiger partial charge in [-0.15, -0.1) is 0 Å². The fourth-order valence-electron chi connectivity index (χ4n) is 3.82. The number of aromatic nitrogens is 2. The minimum Gasteiger partial charge on any atom is -0.489 e. The largest absolute Gasteiger partial charge is 0.489 e. The third kappa shape index (κ3) is 4.22. The van der Waals surface area contributed by atoms with Crippen LogP contribution in [-0.4, -0.2) is 54.5 Å². The quantitative estimate of drug-likeness (QED) is 0.338. The molecule has 0 bridgehead atoms. The van der Waals surface area contributed by atoms with E-state index >= 15 is 0 Å². The Morgan fingerprint density at radius 2 is 2.09 bits per heavy atom. The molecule has 0 fully saturated rings. The van der Waals surface area contributed by atoms with E-state index in [2.05, 4.69) is 41.5 Å². The Balaban J connectivity index is 1.65. The van der Waals surface area contributed by atoms with Crippen molar-refractivity contribution in [2.75, 3.05) is 32.3 Å². The highest BCUT2D eigenvalue weighted by Gasteiger charge is 2.50. The molecule has 4 rings (SSSR count). The van der Waals surface area contributed by atoms with Crippen LogP contribution in [0.2, 0.25) is 0 Å². The summed E-state index contributed by atoms with van der Waals surface area (Å²) >= 11 is 3.42. The number of nitrogens with two attached hydrogens (primary N) is 1. The predicted molar refractivity (Wildman–Crippen MR) is 127 cm³/mol. The summed E-state index contributed by atoms with van der Waals surface area (Å²) in [7, 11) is 1.59. The molecule has 2 heterocycles. The van der Waals surface area contributed by atoms with Gasteiger partial charge in [0.25, 0.3) is 5.91 Å². The zero-order chi connectivity index (χ0) is 23.6. The van der Waals surface area contributed by atoms with Gasteiger partial charge in [-0.25, -0.2) is 4.98 Å². The molecule has 1 atom stereocenters. The number of aliphatic imine (C=N–C) groups is 1. The van der Waals surface area contributed by atoms with Crippen molar-refractivity contribution in [3.8, 4) is 5.75 Å². The van der Waals surface area contributed by atoms with Crippen LogP contribution < -0.4 is 21.1 Å². The van der Waals surface area contributed by atoms with Crippen molar-refractivity contribution in [2.45, 2.75) is 12.5 Å². The number of methoxy groups -OCH3 is 1. The number of H-pyrrole nitrogens is 1. The number of halogens is 1.